The molecule has 1 atom stereocenters. The van der Waals surface area contributed by atoms with Gasteiger partial charge in [0.2, 0.25) is 10.0 Å². The SMILES string of the molecule is CCCc1nn(C)c2c(=O)n(C(=O)Oc3ccc(C(O)CN)cc3)c(-c3cc(S(=O)(=O)N4CCN(C)CC4)ccc3OCC)nc12. The molecule has 4 aromatic rings. The standard InChI is InChI=1S/C31H39N7O7S/c1-5-7-24-27-28(36(4)34-24)30(40)38(31(41)45-21-10-8-20(9-11-21)25(39)19-32)29(33-27)23-18-22(12-13-26(23)44-6-2)46(42,43)37-16-14-35(3)15-17-37/h8-13,18,25,39H,5-7,14-17,19,32H2,1-4H3. The van der Waals surface area contributed by atoms with Gasteiger partial charge in [-0.3, -0.25) is 9.48 Å². The summed E-state index contributed by atoms with van der Waals surface area (Å²) in [7, 11) is -0.408. The van der Waals surface area contributed by atoms with Gasteiger partial charge in [0.25, 0.3) is 5.56 Å². The Kier molecular flexibility index (Phi) is 9.88. The molecule has 2 aromatic heterocycles. The molecule has 1 saturated heterocycles. The summed E-state index contributed by atoms with van der Waals surface area (Å²) in [5, 5.41) is 14.5. The molecule has 0 amide bonds. The zero-order valence-electron chi connectivity index (χ0n) is 26.3. The smallest absolute Gasteiger partial charge is 0.428 e. The predicted octanol–water partition coefficient (Wildman–Crippen LogP) is 2.12. The van der Waals surface area contributed by atoms with E-state index in [9.17, 15) is 23.1 Å². The van der Waals surface area contributed by atoms with Crippen molar-refractivity contribution in [3.8, 4) is 22.9 Å². The summed E-state index contributed by atoms with van der Waals surface area (Å²) in [6.45, 7) is 5.78. The summed E-state index contributed by atoms with van der Waals surface area (Å²) >= 11 is 0. The molecule has 3 heterocycles. The van der Waals surface area contributed by atoms with Crippen molar-refractivity contribution in [1.29, 1.82) is 0 Å². The van der Waals surface area contributed by atoms with E-state index in [4.69, 9.17) is 20.2 Å². The zero-order chi connectivity index (χ0) is 33.2. The lowest BCUT2D eigenvalue weighted by Crippen LogP contribution is -2.47. The van der Waals surface area contributed by atoms with Gasteiger partial charge in [-0.05, 0) is 56.3 Å². The molecule has 1 aliphatic heterocycles. The lowest BCUT2D eigenvalue weighted by molar-refractivity contribution is 0.186. The van der Waals surface area contributed by atoms with Crippen molar-refractivity contribution in [3.05, 3.63) is 64.1 Å². The van der Waals surface area contributed by atoms with Gasteiger partial charge in [-0.15, -0.1) is 0 Å². The Labute approximate surface area is 267 Å². The number of sulfonamides is 1. The monoisotopic (exact) mass is 653 g/mol. The van der Waals surface area contributed by atoms with Crippen molar-refractivity contribution in [2.75, 3.05) is 46.4 Å². The number of likely N-dealkylation sites (N-methyl/N-ethyl adjacent to an activating group) is 1. The second-order valence-corrected chi connectivity index (χ2v) is 13.0. The van der Waals surface area contributed by atoms with E-state index in [-0.39, 0.29) is 46.5 Å². The minimum Gasteiger partial charge on any atom is -0.493 e. The van der Waals surface area contributed by atoms with E-state index in [1.165, 1.54) is 39.3 Å². The lowest BCUT2D eigenvalue weighted by atomic mass is 10.1. The fourth-order valence-electron chi connectivity index (χ4n) is 5.38. The highest BCUT2D eigenvalue weighted by Crippen LogP contribution is 2.34. The van der Waals surface area contributed by atoms with Crippen molar-refractivity contribution >= 4 is 27.1 Å². The van der Waals surface area contributed by atoms with E-state index < -0.39 is 27.8 Å². The van der Waals surface area contributed by atoms with Gasteiger partial charge in [-0.2, -0.15) is 14.0 Å². The maximum Gasteiger partial charge on any atom is 0.428 e. The largest absolute Gasteiger partial charge is 0.493 e. The van der Waals surface area contributed by atoms with Gasteiger partial charge in [0, 0.05) is 39.8 Å². The molecule has 0 aliphatic carbocycles. The normalized spacial score (nSPS) is 15.3. The summed E-state index contributed by atoms with van der Waals surface area (Å²) in [6, 6.07) is 10.4. The Morgan fingerprint density at radius 3 is 2.39 bits per heavy atom. The molecule has 1 aliphatic rings. The molecular formula is C31H39N7O7S. The highest BCUT2D eigenvalue weighted by Gasteiger charge is 2.31. The number of carbonyl (C=O) groups is 1. The average molecular weight is 654 g/mol. The molecule has 15 heteroatoms. The molecule has 246 valence electrons. The van der Waals surface area contributed by atoms with Gasteiger partial charge in [0.15, 0.2) is 11.3 Å². The number of nitrogens with two attached hydrogens (primary N) is 1. The first-order valence-corrected chi connectivity index (χ1v) is 16.6. The number of benzene rings is 2. The number of aromatic nitrogens is 4. The van der Waals surface area contributed by atoms with Crippen LogP contribution in [0.5, 0.6) is 11.5 Å². The van der Waals surface area contributed by atoms with Crippen molar-refractivity contribution in [1.82, 2.24) is 28.5 Å². The number of hydrogen-bond donors (Lipinski definition) is 2. The Morgan fingerprint density at radius 2 is 1.76 bits per heavy atom. The van der Waals surface area contributed by atoms with Gasteiger partial charge in [0.05, 0.1) is 28.9 Å². The predicted molar refractivity (Wildman–Crippen MR) is 172 cm³/mol. The van der Waals surface area contributed by atoms with Crippen molar-refractivity contribution in [2.24, 2.45) is 12.8 Å². The maximum atomic E-state index is 14.1. The fourth-order valence-corrected chi connectivity index (χ4v) is 6.83. The zero-order valence-corrected chi connectivity index (χ0v) is 27.2. The van der Waals surface area contributed by atoms with Crippen LogP contribution in [0.3, 0.4) is 0 Å². The number of aliphatic hydroxyl groups is 1. The van der Waals surface area contributed by atoms with Gasteiger partial charge < -0.3 is 25.2 Å². The minimum absolute atomic E-state index is 0.0139. The van der Waals surface area contributed by atoms with E-state index in [2.05, 4.69) is 10.00 Å². The van der Waals surface area contributed by atoms with Crippen LogP contribution in [0.1, 0.15) is 37.6 Å². The molecule has 14 nitrogen and oxygen atoms in total. The van der Waals surface area contributed by atoms with Crippen molar-refractivity contribution in [2.45, 2.75) is 37.7 Å². The number of rotatable bonds is 10. The molecule has 2 aromatic carbocycles. The Hall–Kier alpha value is -4.15. The van der Waals surface area contributed by atoms with Crippen LogP contribution in [0.2, 0.25) is 0 Å². The summed E-state index contributed by atoms with van der Waals surface area (Å²) in [5.74, 6) is 0.180. The molecule has 1 fully saturated rings. The fraction of sp³-hybridized carbons (Fsp3) is 0.419. The number of aryl methyl sites for hydroxylation is 2. The topological polar surface area (TPSA) is 175 Å². The van der Waals surface area contributed by atoms with Gasteiger partial charge in [0.1, 0.15) is 17.0 Å². The summed E-state index contributed by atoms with van der Waals surface area (Å²) in [6.07, 6.45) is -0.713. The number of carbonyl (C=O) groups excluding carboxylic acids is 1. The molecule has 0 saturated carbocycles. The number of nitrogens with zero attached hydrogens (tertiary/aromatic N) is 6. The summed E-state index contributed by atoms with van der Waals surface area (Å²) < 4.78 is 42.6. The highest BCUT2D eigenvalue weighted by atomic mass is 32.2. The molecule has 46 heavy (non-hydrogen) atoms. The van der Waals surface area contributed by atoms with E-state index in [1.54, 1.807) is 26.1 Å². The Morgan fingerprint density at radius 1 is 1.07 bits per heavy atom. The second-order valence-electron chi connectivity index (χ2n) is 11.1. The third-order valence-corrected chi connectivity index (χ3v) is 9.78. The highest BCUT2D eigenvalue weighted by molar-refractivity contribution is 7.89. The van der Waals surface area contributed by atoms with Crippen LogP contribution in [-0.4, -0.2) is 94.5 Å². The summed E-state index contributed by atoms with van der Waals surface area (Å²) in [5.41, 5.74) is 6.40. The van der Waals surface area contributed by atoms with E-state index in [0.717, 1.165) is 11.0 Å². The van der Waals surface area contributed by atoms with Crippen LogP contribution in [0.25, 0.3) is 22.4 Å². The second kappa shape index (κ2) is 13.7. The van der Waals surface area contributed by atoms with Crippen LogP contribution in [-0.2, 0) is 23.5 Å². The van der Waals surface area contributed by atoms with Crippen LogP contribution in [0.4, 0.5) is 4.79 Å². The van der Waals surface area contributed by atoms with Crippen molar-refractivity contribution in [3.63, 3.8) is 0 Å². The minimum atomic E-state index is -3.93. The van der Waals surface area contributed by atoms with Crippen LogP contribution in [0.15, 0.2) is 52.2 Å². The molecule has 3 N–H and O–H groups in total. The number of hydrogen-bond acceptors (Lipinski definition) is 11. The molecule has 5 rings (SSSR count). The number of piperazine rings is 1. The number of fused-ring (bicyclic) bond motifs is 1. The van der Waals surface area contributed by atoms with Gasteiger partial charge in [-0.1, -0.05) is 25.5 Å². The third kappa shape index (κ3) is 6.41. The van der Waals surface area contributed by atoms with Gasteiger partial charge in [-0.25, -0.2) is 18.2 Å². The Bertz CT molecular complexity index is 1900. The Balaban J connectivity index is 1.70. The maximum absolute atomic E-state index is 14.1. The van der Waals surface area contributed by atoms with E-state index >= 15 is 0 Å². The number of aliphatic hydroxyl groups excluding tert-OH is 1. The molecular weight excluding hydrogens is 614 g/mol. The number of ether oxygens (including phenoxy) is 2. The van der Waals surface area contributed by atoms with Crippen LogP contribution in [0, 0.1) is 0 Å². The van der Waals surface area contributed by atoms with E-state index in [1.807, 2.05) is 14.0 Å². The first-order valence-electron chi connectivity index (χ1n) is 15.1. The first kappa shape index (κ1) is 33.2. The molecule has 0 radical (unpaired) electrons. The quantitative estimate of drug-likeness (QED) is 0.257. The van der Waals surface area contributed by atoms with Gasteiger partial charge >= 0.3 is 6.09 Å². The van der Waals surface area contributed by atoms with Crippen LogP contribution < -0.4 is 20.8 Å². The van der Waals surface area contributed by atoms with Crippen molar-refractivity contribution < 1.29 is 27.8 Å². The first-order chi connectivity index (χ1) is 22.0. The molecule has 0 spiro atoms. The lowest BCUT2D eigenvalue weighted by Gasteiger charge is -2.31. The molecule has 0 bridgehead atoms. The summed E-state index contributed by atoms with van der Waals surface area (Å²) in [4.78, 5) is 34.8. The molecule has 1 unspecified atom stereocenters. The van der Waals surface area contributed by atoms with E-state index in [0.29, 0.717) is 49.4 Å². The van der Waals surface area contributed by atoms with Crippen LogP contribution >= 0.6 is 0 Å². The third-order valence-electron chi connectivity index (χ3n) is 7.88. The average Bonchev–Trinajstić information content (AvgIpc) is 3.36.